The molecule has 1 unspecified atom stereocenters. The van der Waals surface area contributed by atoms with Crippen LogP contribution in [0.15, 0.2) is 35.5 Å². The molecule has 0 aliphatic carbocycles. The lowest BCUT2D eigenvalue weighted by Crippen LogP contribution is -2.21. The van der Waals surface area contributed by atoms with Crippen molar-refractivity contribution in [1.29, 1.82) is 0 Å². The van der Waals surface area contributed by atoms with Gasteiger partial charge in [0.05, 0.1) is 34.2 Å². The monoisotopic (exact) mass is 487 g/mol. The summed E-state index contributed by atoms with van der Waals surface area (Å²) in [5, 5.41) is 16.4. The van der Waals surface area contributed by atoms with Crippen molar-refractivity contribution in [3.63, 3.8) is 0 Å². The predicted octanol–water partition coefficient (Wildman–Crippen LogP) is 4.29. The molecular weight excluding hydrogens is 462 g/mol. The minimum absolute atomic E-state index is 0.0838. The zero-order chi connectivity index (χ0) is 25.0. The van der Waals surface area contributed by atoms with Crippen LogP contribution in [0, 0.1) is 10.1 Å². The molecule has 0 fully saturated rings. The predicted molar refractivity (Wildman–Crippen MR) is 131 cm³/mol. The van der Waals surface area contributed by atoms with E-state index in [2.05, 4.69) is 5.16 Å². The number of hydrogen-bond acceptors (Lipinski definition) is 9. The summed E-state index contributed by atoms with van der Waals surface area (Å²) in [6.07, 6.45) is 1.68. The Bertz CT molecular complexity index is 1300. The maximum Gasteiger partial charge on any atom is 0.331 e. The number of nitro groups is 1. The van der Waals surface area contributed by atoms with Crippen LogP contribution in [-0.4, -0.2) is 52.4 Å². The second kappa shape index (κ2) is 10.6. The van der Waals surface area contributed by atoms with Gasteiger partial charge in [-0.25, -0.2) is 4.79 Å². The van der Waals surface area contributed by atoms with Gasteiger partial charge in [0.1, 0.15) is 18.4 Å². The molecule has 0 saturated heterocycles. The number of oxime groups is 1. The molecule has 1 atom stereocenters. The Balaban J connectivity index is 2.24. The summed E-state index contributed by atoms with van der Waals surface area (Å²) < 4.78 is 12.9. The second-order valence-electron chi connectivity index (χ2n) is 7.60. The SMILES string of the molecule is COc1c(C(C)=NOC(C)=O)ccc2c1c1cc([N+](=O)[O-])ccc1n2CC(=O)OC(C)CSC. The lowest BCUT2D eigenvalue weighted by Gasteiger charge is -2.14. The standard InChI is InChI=1S/C23H25N3O7S/c1-13(12-34-5)32-21(28)11-25-19-8-6-16(26(29)30)10-18(19)22-20(25)9-7-17(23(22)31-4)14(2)24-33-15(3)27/h6-10,13H,11-12H2,1-5H3. The van der Waals surface area contributed by atoms with Crippen molar-refractivity contribution in [3.05, 3.63) is 46.0 Å². The molecule has 10 nitrogen and oxygen atoms in total. The van der Waals surface area contributed by atoms with Gasteiger partial charge in [0, 0.05) is 35.8 Å². The van der Waals surface area contributed by atoms with Gasteiger partial charge in [-0.2, -0.15) is 11.8 Å². The number of carbonyl (C=O) groups excluding carboxylic acids is 2. The van der Waals surface area contributed by atoms with Gasteiger partial charge in [-0.05, 0) is 38.3 Å². The highest BCUT2D eigenvalue weighted by molar-refractivity contribution is 7.98. The van der Waals surface area contributed by atoms with Crippen LogP contribution in [-0.2, 0) is 25.7 Å². The molecule has 0 spiro atoms. The number of rotatable bonds is 9. The second-order valence-corrected chi connectivity index (χ2v) is 8.51. The molecule has 0 saturated carbocycles. The highest BCUT2D eigenvalue weighted by Crippen LogP contribution is 2.39. The number of thioether (sulfide) groups is 1. The third-order valence-corrected chi connectivity index (χ3v) is 5.91. The number of hydrogen-bond donors (Lipinski definition) is 0. The number of nitro benzene ring substituents is 1. The Morgan fingerprint density at radius 2 is 1.91 bits per heavy atom. The van der Waals surface area contributed by atoms with E-state index in [1.165, 1.54) is 26.2 Å². The van der Waals surface area contributed by atoms with Gasteiger partial charge >= 0.3 is 11.9 Å². The minimum Gasteiger partial charge on any atom is -0.495 e. The smallest absolute Gasteiger partial charge is 0.331 e. The summed E-state index contributed by atoms with van der Waals surface area (Å²) in [7, 11) is 1.47. The molecule has 1 aromatic heterocycles. The van der Waals surface area contributed by atoms with E-state index in [1.54, 1.807) is 41.5 Å². The van der Waals surface area contributed by atoms with Crippen molar-refractivity contribution in [3.8, 4) is 5.75 Å². The quantitative estimate of drug-likeness (QED) is 0.144. The van der Waals surface area contributed by atoms with E-state index in [0.29, 0.717) is 44.6 Å². The number of aromatic nitrogens is 1. The molecule has 34 heavy (non-hydrogen) atoms. The number of fused-ring (bicyclic) bond motifs is 3. The molecule has 0 amide bonds. The maximum atomic E-state index is 12.7. The normalized spacial score (nSPS) is 12.6. The lowest BCUT2D eigenvalue weighted by molar-refractivity contribution is -0.384. The lowest BCUT2D eigenvalue weighted by atomic mass is 10.0. The summed E-state index contributed by atoms with van der Waals surface area (Å²) in [5.41, 5.74) is 2.06. The van der Waals surface area contributed by atoms with E-state index in [9.17, 15) is 19.7 Å². The van der Waals surface area contributed by atoms with Gasteiger partial charge in [-0.3, -0.25) is 14.9 Å². The van der Waals surface area contributed by atoms with Crippen LogP contribution in [0.1, 0.15) is 26.3 Å². The largest absolute Gasteiger partial charge is 0.495 e. The first-order valence-electron chi connectivity index (χ1n) is 10.4. The fourth-order valence-electron chi connectivity index (χ4n) is 3.77. The van der Waals surface area contributed by atoms with Crippen LogP contribution in [0.3, 0.4) is 0 Å². The number of ether oxygens (including phenoxy) is 2. The topological polar surface area (TPSA) is 122 Å². The molecule has 3 rings (SSSR count). The Hall–Kier alpha value is -3.60. The van der Waals surface area contributed by atoms with Crippen LogP contribution in [0.25, 0.3) is 21.8 Å². The molecule has 0 N–H and O–H groups in total. The Kier molecular flexibility index (Phi) is 7.77. The minimum atomic E-state index is -0.569. The van der Waals surface area contributed by atoms with Gasteiger partial charge in [-0.1, -0.05) is 5.16 Å². The fraction of sp³-hybridized carbons (Fsp3) is 0.348. The van der Waals surface area contributed by atoms with Crippen LogP contribution < -0.4 is 4.74 Å². The van der Waals surface area contributed by atoms with Crippen LogP contribution in [0.5, 0.6) is 5.75 Å². The third kappa shape index (κ3) is 5.14. The number of carbonyl (C=O) groups is 2. The van der Waals surface area contributed by atoms with Gasteiger partial charge in [0.2, 0.25) is 0 Å². The maximum absolute atomic E-state index is 12.7. The van der Waals surface area contributed by atoms with Gasteiger partial charge in [0.25, 0.3) is 5.69 Å². The zero-order valence-corrected chi connectivity index (χ0v) is 20.3. The third-order valence-electron chi connectivity index (χ3n) is 5.10. The number of esters is 1. The molecule has 0 aliphatic heterocycles. The Morgan fingerprint density at radius 3 is 2.53 bits per heavy atom. The molecule has 0 radical (unpaired) electrons. The van der Waals surface area contributed by atoms with Crippen molar-refractivity contribution >= 4 is 56.9 Å². The summed E-state index contributed by atoms with van der Waals surface area (Å²) in [6.45, 7) is 4.63. The van der Waals surface area contributed by atoms with Crippen molar-refractivity contribution in [1.82, 2.24) is 4.57 Å². The number of nitrogens with zero attached hydrogens (tertiary/aromatic N) is 3. The van der Waals surface area contributed by atoms with Crippen LogP contribution >= 0.6 is 11.8 Å². The van der Waals surface area contributed by atoms with Gasteiger partial charge in [0.15, 0.2) is 0 Å². The highest BCUT2D eigenvalue weighted by atomic mass is 32.2. The first-order chi connectivity index (χ1) is 16.2. The first-order valence-corrected chi connectivity index (χ1v) is 11.8. The molecule has 11 heteroatoms. The van der Waals surface area contributed by atoms with E-state index in [0.717, 1.165) is 0 Å². The fourth-order valence-corrected chi connectivity index (χ4v) is 4.31. The van der Waals surface area contributed by atoms with Gasteiger partial charge in [-0.15, -0.1) is 0 Å². The average Bonchev–Trinajstić information content (AvgIpc) is 3.09. The first kappa shape index (κ1) is 25.0. The van der Waals surface area contributed by atoms with Crippen molar-refractivity contribution in [2.24, 2.45) is 5.16 Å². The number of non-ortho nitro benzene ring substituents is 1. The van der Waals surface area contributed by atoms with Crippen molar-refractivity contribution < 1.29 is 28.8 Å². The highest BCUT2D eigenvalue weighted by Gasteiger charge is 2.23. The summed E-state index contributed by atoms with van der Waals surface area (Å²) in [6, 6.07) is 7.94. The van der Waals surface area contributed by atoms with Crippen molar-refractivity contribution in [2.75, 3.05) is 19.1 Å². The van der Waals surface area contributed by atoms with Gasteiger partial charge < -0.3 is 18.9 Å². The van der Waals surface area contributed by atoms with Crippen molar-refractivity contribution in [2.45, 2.75) is 33.4 Å². The van der Waals surface area contributed by atoms with E-state index < -0.39 is 16.9 Å². The molecular formula is C23H25N3O7S. The van der Waals surface area contributed by atoms with E-state index >= 15 is 0 Å². The number of benzene rings is 2. The molecule has 0 bridgehead atoms. The van der Waals surface area contributed by atoms with Crippen LogP contribution in [0.4, 0.5) is 5.69 Å². The average molecular weight is 488 g/mol. The Labute approximate surface area is 200 Å². The zero-order valence-electron chi connectivity index (χ0n) is 19.5. The molecule has 1 heterocycles. The summed E-state index contributed by atoms with van der Waals surface area (Å²) >= 11 is 1.58. The molecule has 2 aromatic carbocycles. The molecule has 0 aliphatic rings. The summed E-state index contributed by atoms with van der Waals surface area (Å²) in [4.78, 5) is 39.6. The van der Waals surface area contributed by atoms with E-state index in [1.807, 2.05) is 13.2 Å². The molecule has 180 valence electrons. The Morgan fingerprint density at radius 1 is 1.21 bits per heavy atom. The van der Waals surface area contributed by atoms with E-state index in [4.69, 9.17) is 14.3 Å². The molecule has 3 aromatic rings. The number of methoxy groups -OCH3 is 1. The van der Waals surface area contributed by atoms with Crippen LogP contribution in [0.2, 0.25) is 0 Å². The van der Waals surface area contributed by atoms with E-state index in [-0.39, 0.29) is 18.3 Å². The summed E-state index contributed by atoms with van der Waals surface area (Å²) in [5.74, 6) is 0.0675.